The maximum Gasteiger partial charge on any atom is 0.225 e. The van der Waals surface area contributed by atoms with Crippen molar-refractivity contribution in [1.82, 2.24) is 25.1 Å². The fourth-order valence-corrected chi connectivity index (χ4v) is 4.42. The number of nitrogens with zero attached hydrogens (tertiary/aromatic N) is 4. The molecule has 1 N–H and O–H groups in total. The lowest BCUT2D eigenvalue weighted by Crippen LogP contribution is -2.51. The first kappa shape index (κ1) is 19.3. The molecule has 1 aromatic rings. The topological polar surface area (TPSA) is 78.4 Å². The van der Waals surface area contributed by atoms with E-state index >= 15 is 0 Å². The zero-order valence-electron chi connectivity index (χ0n) is 16.8. The van der Waals surface area contributed by atoms with Gasteiger partial charge in [0.15, 0.2) is 0 Å². The van der Waals surface area contributed by atoms with Gasteiger partial charge >= 0.3 is 0 Å². The van der Waals surface area contributed by atoms with Gasteiger partial charge in [-0.25, -0.2) is 0 Å². The van der Waals surface area contributed by atoms with Crippen molar-refractivity contribution in [2.75, 3.05) is 26.2 Å². The van der Waals surface area contributed by atoms with Crippen LogP contribution in [0.4, 0.5) is 0 Å². The Labute approximate surface area is 166 Å². The number of hydrogen-bond donors (Lipinski definition) is 1. The third-order valence-corrected chi connectivity index (χ3v) is 6.32. The van der Waals surface area contributed by atoms with Crippen LogP contribution in [0.25, 0.3) is 0 Å². The highest BCUT2D eigenvalue weighted by Crippen LogP contribution is 2.32. The SMILES string of the molecule is Cc1cnc(CNC(=O)[C@H]2CCCN(C3CCN(C(=O)C4CC4)CC3)C2)cn1. The largest absolute Gasteiger partial charge is 0.350 e. The quantitative estimate of drug-likeness (QED) is 0.831. The summed E-state index contributed by atoms with van der Waals surface area (Å²) in [5.74, 6) is 0.845. The number of rotatable bonds is 5. The maximum absolute atomic E-state index is 12.7. The van der Waals surface area contributed by atoms with Crippen LogP contribution in [0.15, 0.2) is 12.4 Å². The van der Waals surface area contributed by atoms with Crippen molar-refractivity contribution in [3.05, 3.63) is 23.8 Å². The molecule has 28 heavy (non-hydrogen) atoms. The molecule has 0 radical (unpaired) electrons. The predicted octanol–water partition coefficient (Wildman–Crippen LogP) is 1.51. The maximum atomic E-state index is 12.7. The van der Waals surface area contributed by atoms with E-state index in [0.29, 0.717) is 24.4 Å². The zero-order valence-corrected chi connectivity index (χ0v) is 16.8. The summed E-state index contributed by atoms with van der Waals surface area (Å²) in [6, 6.07) is 0.502. The van der Waals surface area contributed by atoms with Crippen molar-refractivity contribution >= 4 is 11.8 Å². The highest BCUT2D eigenvalue weighted by Gasteiger charge is 2.37. The monoisotopic (exact) mass is 385 g/mol. The molecule has 152 valence electrons. The number of aromatic nitrogens is 2. The Balaban J connectivity index is 1.24. The Morgan fingerprint density at radius 1 is 1.04 bits per heavy atom. The Morgan fingerprint density at radius 3 is 2.50 bits per heavy atom. The fourth-order valence-electron chi connectivity index (χ4n) is 4.42. The van der Waals surface area contributed by atoms with Crippen molar-refractivity contribution < 1.29 is 9.59 Å². The van der Waals surface area contributed by atoms with Crippen LogP contribution in [0.3, 0.4) is 0 Å². The van der Waals surface area contributed by atoms with E-state index in [1.807, 2.05) is 6.92 Å². The summed E-state index contributed by atoms with van der Waals surface area (Å²) in [5, 5.41) is 3.03. The van der Waals surface area contributed by atoms with E-state index in [9.17, 15) is 9.59 Å². The van der Waals surface area contributed by atoms with Crippen LogP contribution in [-0.4, -0.2) is 63.8 Å². The lowest BCUT2D eigenvalue weighted by Gasteiger charge is -2.42. The van der Waals surface area contributed by atoms with Crippen LogP contribution in [0.5, 0.6) is 0 Å². The summed E-state index contributed by atoms with van der Waals surface area (Å²) in [4.78, 5) is 38.0. The Hall–Kier alpha value is -2.02. The summed E-state index contributed by atoms with van der Waals surface area (Å²) >= 11 is 0. The number of piperidine rings is 2. The molecule has 2 saturated heterocycles. The first-order chi connectivity index (χ1) is 13.6. The molecule has 3 aliphatic rings. The molecule has 2 amide bonds. The second-order valence-electron chi connectivity index (χ2n) is 8.53. The van der Waals surface area contributed by atoms with Gasteiger partial charge < -0.3 is 10.2 Å². The second-order valence-corrected chi connectivity index (χ2v) is 8.53. The molecule has 0 unspecified atom stereocenters. The third-order valence-electron chi connectivity index (χ3n) is 6.32. The Kier molecular flexibility index (Phi) is 5.90. The summed E-state index contributed by atoms with van der Waals surface area (Å²) in [6.07, 6.45) is 9.68. The van der Waals surface area contributed by atoms with Crippen LogP contribution in [0, 0.1) is 18.8 Å². The molecule has 0 aromatic carbocycles. The number of hydrogen-bond acceptors (Lipinski definition) is 5. The van der Waals surface area contributed by atoms with E-state index in [4.69, 9.17) is 0 Å². The second kappa shape index (κ2) is 8.55. The van der Waals surface area contributed by atoms with E-state index in [2.05, 4.69) is 25.1 Å². The molecule has 0 spiro atoms. The summed E-state index contributed by atoms with van der Waals surface area (Å²) in [5.41, 5.74) is 1.67. The molecule has 4 rings (SSSR count). The van der Waals surface area contributed by atoms with Gasteiger partial charge in [-0.1, -0.05) is 0 Å². The molecule has 2 aliphatic heterocycles. The molecule has 1 atom stereocenters. The number of amides is 2. The van der Waals surface area contributed by atoms with Gasteiger partial charge in [0.25, 0.3) is 0 Å². The summed E-state index contributed by atoms with van der Waals surface area (Å²) in [7, 11) is 0. The molecule has 7 heteroatoms. The summed E-state index contributed by atoms with van der Waals surface area (Å²) in [6.45, 7) is 5.97. The molecule has 1 saturated carbocycles. The number of aryl methyl sites for hydroxylation is 1. The van der Waals surface area contributed by atoms with Gasteiger partial charge in [-0.2, -0.15) is 0 Å². The van der Waals surface area contributed by atoms with Gasteiger partial charge in [-0.15, -0.1) is 0 Å². The van der Waals surface area contributed by atoms with E-state index in [0.717, 1.165) is 76.1 Å². The van der Waals surface area contributed by atoms with E-state index in [1.54, 1.807) is 12.4 Å². The molecular weight excluding hydrogens is 354 g/mol. The molecule has 3 heterocycles. The zero-order chi connectivity index (χ0) is 19.5. The third kappa shape index (κ3) is 4.69. The summed E-state index contributed by atoms with van der Waals surface area (Å²) < 4.78 is 0. The Bertz CT molecular complexity index is 695. The van der Waals surface area contributed by atoms with Crippen LogP contribution < -0.4 is 5.32 Å². The van der Waals surface area contributed by atoms with Gasteiger partial charge in [0.05, 0.1) is 30.0 Å². The van der Waals surface area contributed by atoms with Crippen LogP contribution in [0.2, 0.25) is 0 Å². The smallest absolute Gasteiger partial charge is 0.225 e. The number of likely N-dealkylation sites (tertiary alicyclic amines) is 2. The van der Waals surface area contributed by atoms with Crippen molar-refractivity contribution in [3.8, 4) is 0 Å². The van der Waals surface area contributed by atoms with Gasteiger partial charge in [-0.3, -0.25) is 24.5 Å². The van der Waals surface area contributed by atoms with E-state index in [1.165, 1.54) is 0 Å². The molecule has 1 aliphatic carbocycles. The van der Waals surface area contributed by atoms with Gasteiger partial charge in [0, 0.05) is 37.8 Å². The molecule has 7 nitrogen and oxygen atoms in total. The first-order valence-corrected chi connectivity index (χ1v) is 10.7. The van der Waals surface area contributed by atoms with E-state index < -0.39 is 0 Å². The molecular formula is C21H31N5O2. The highest BCUT2D eigenvalue weighted by molar-refractivity contribution is 5.81. The minimum atomic E-state index is 0.0401. The van der Waals surface area contributed by atoms with Crippen molar-refractivity contribution in [3.63, 3.8) is 0 Å². The highest BCUT2D eigenvalue weighted by atomic mass is 16.2. The molecule has 0 bridgehead atoms. The number of nitrogens with one attached hydrogen (secondary N) is 1. The average Bonchev–Trinajstić information content (AvgIpc) is 3.58. The average molecular weight is 386 g/mol. The Morgan fingerprint density at radius 2 is 1.82 bits per heavy atom. The minimum Gasteiger partial charge on any atom is -0.350 e. The lowest BCUT2D eigenvalue weighted by molar-refractivity contribution is -0.134. The first-order valence-electron chi connectivity index (χ1n) is 10.7. The van der Waals surface area contributed by atoms with Crippen molar-refractivity contribution in [2.45, 2.75) is 58.0 Å². The molecule has 1 aromatic heterocycles. The predicted molar refractivity (Wildman–Crippen MR) is 105 cm³/mol. The lowest BCUT2D eigenvalue weighted by atomic mass is 9.93. The van der Waals surface area contributed by atoms with Crippen molar-refractivity contribution in [2.24, 2.45) is 11.8 Å². The van der Waals surface area contributed by atoms with Gasteiger partial charge in [0.2, 0.25) is 11.8 Å². The van der Waals surface area contributed by atoms with Crippen LogP contribution in [-0.2, 0) is 16.1 Å². The number of carbonyl (C=O) groups is 2. The standard InChI is InChI=1S/C21H31N5O2/c1-15-11-23-18(12-22-15)13-24-20(27)17-3-2-8-26(14-17)19-6-9-25(10-7-19)21(28)16-4-5-16/h11-12,16-17,19H,2-10,13-14H2,1H3,(H,24,27)/t17-/m0/s1. The van der Waals surface area contributed by atoms with Crippen LogP contribution in [0.1, 0.15) is 49.9 Å². The van der Waals surface area contributed by atoms with Crippen molar-refractivity contribution in [1.29, 1.82) is 0 Å². The normalized spacial score (nSPS) is 24.2. The van der Waals surface area contributed by atoms with Gasteiger partial charge in [-0.05, 0) is 52.0 Å². The molecule has 3 fully saturated rings. The van der Waals surface area contributed by atoms with Gasteiger partial charge in [0.1, 0.15) is 0 Å². The fraction of sp³-hybridized carbons (Fsp3) is 0.714. The van der Waals surface area contributed by atoms with E-state index in [-0.39, 0.29) is 11.8 Å². The van der Waals surface area contributed by atoms with Crippen LogP contribution >= 0.6 is 0 Å². The minimum absolute atomic E-state index is 0.0401. The number of carbonyl (C=O) groups excluding carboxylic acids is 2.